The summed E-state index contributed by atoms with van der Waals surface area (Å²) in [5.41, 5.74) is 0.545. The molecule has 1 atom stereocenters. The van der Waals surface area contributed by atoms with Crippen molar-refractivity contribution in [3.8, 4) is 0 Å². The highest BCUT2D eigenvalue weighted by molar-refractivity contribution is 8.00. The van der Waals surface area contributed by atoms with E-state index in [4.69, 9.17) is 0 Å². The molecule has 7 heteroatoms. The second kappa shape index (κ2) is 6.56. The SMILES string of the molecule is C=CC(=O)N1CCSC(C(=O)Nc2cnn(C(C)(C)C)c2)C1. The molecule has 2 rings (SSSR count). The van der Waals surface area contributed by atoms with Gasteiger partial charge in [-0.2, -0.15) is 5.10 Å². The Morgan fingerprint density at radius 3 is 2.82 bits per heavy atom. The highest BCUT2D eigenvalue weighted by atomic mass is 32.2. The topological polar surface area (TPSA) is 67.2 Å². The normalized spacial score (nSPS) is 18.9. The average molecular weight is 322 g/mol. The van der Waals surface area contributed by atoms with Gasteiger partial charge in [-0.05, 0) is 26.8 Å². The highest BCUT2D eigenvalue weighted by Crippen LogP contribution is 2.21. The largest absolute Gasteiger partial charge is 0.337 e. The third-order valence-corrected chi connectivity index (χ3v) is 4.57. The fourth-order valence-corrected chi connectivity index (χ4v) is 3.22. The lowest BCUT2D eigenvalue weighted by atomic mass is 10.1. The molecule has 0 aromatic carbocycles. The van der Waals surface area contributed by atoms with Crippen molar-refractivity contribution in [1.82, 2.24) is 14.7 Å². The molecule has 22 heavy (non-hydrogen) atoms. The Morgan fingerprint density at radius 1 is 1.50 bits per heavy atom. The lowest BCUT2D eigenvalue weighted by molar-refractivity contribution is -0.126. The van der Waals surface area contributed by atoms with Crippen LogP contribution in [-0.4, -0.2) is 50.6 Å². The molecule has 1 aromatic rings. The van der Waals surface area contributed by atoms with Crippen molar-refractivity contribution in [3.63, 3.8) is 0 Å². The van der Waals surface area contributed by atoms with E-state index in [1.165, 1.54) is 6.08 Å². The summed E-state index contributed by atoms with van der Waals surface area (Å²) in [5, 5.41) is 6.87. The Balaban J connectivity index is 1.98. The van der Waals surface area contributed by atoms with Crippen molar-refractivity contribution in [3.05, 3.63) is 25.0 Å². The molecule has 1 unspecified atom stereocenters. The Hall–Kier alpha value is -1.76. The number of carbonyl (C=O) groups is 2. The average Bonchev–Trinajstić information content (AvgIpc) is 2.95. The Labute approximate surface area is 134 Å². The first kappa shape index (κ1) is 16.6. The summed E-state index contributed by atoms with van der Waals surface area (Å²) in [7, 11) is 0. The fraction of sp³-hybridized carbons (Fsp3) is 0.533. The van der Waals surface area contributed by atoms with Gasteiger partial charge >= 0.3 is 0 Å². The summed E-state index contributed by atoms with van der Waals surface area (Å²) in [6.45, 7) is 10.7. The van der Waals surface area contributed by atoms with E-state index < -0.39 is 0 Å². The molecular weight excluding hydrogens is 300 g/mol. The van der Waals surface area contributed by atoms with Gasteiger partial charge in [0.2, 0.25) is 11.8 Å². The number of thioether (sulfide) groups is 1. The zero-order chi connectivity index (χ0) is 16.3. The van der Waals surface area contributed by atoms with Crippen LogP contribution in [0.25, 0.3) is 0 Å². The number of hydrogen-bond acceptors (Lipinski definition) is 4. The van der Waals surface area contributed by atoms with Crippen molar-refractivity contribution >= 4 is 29.3 Å². The molecule has 0 saturated carbocycles. The molecule has 0 spiro atoms. The van der Waals surface area contributed by atoms with Crippen molar-refractivity contribution < 1.29 is 9.59 Å². The van der Waals surface area contributed by atoms with Gasteiger partial charge in [-0.25, -0.2) is 0 Å². The molecule has 1 aliphatic rings. The maximum Gasteiger partial charge on any atom is 0.246 e. The van der Waals surface area contributed by atoms with Gasteiger partial charge in [-0.15, -0.1) is 11.8 Å². The van der Waals surface area contributed by atoms with Gasteiger partial charge < -0.3 is 10.2 Å². The van der Waals surface area contributed by atoms with Crippen LogP contribution in [-0.2, 0) is 15.1 Å². The fourth-order valence-electron chi connectivity index (χ4n) is 2.11. The standard InChI is InChI=1S/C15H22N4O2S/c1-5-13(20)18-6-7-22-12(10-18)14(21)17-11-8-16-19(9-11)15(2,3)4/h5,8-9,12H,1,6-7,10H2,2-4H3,(H,17,21). The van der Waals surface area contributed by atoms with Crippen molar-refractivity contribution in [1.29, 1.82) is 0 Å². The van der Waals surface area contributed by atoms with E-state index in [1.807, 2.05) is 31.6 Å². The molecular formula is C15H22N4O2S. The number of nitrogens with one attached hydrogen (secondary N) is 1. The van der Waals surface area contributed by atoms with E-state index in [0.717, 1.165) is 5.75 Å². The third-order valence-electron chi connectivity index (χ3n) is 3.38. The van der Waals surface area contributed by atoms with Crippen molar-refractivity contribution in [2.75, 3.05) is 24.2 Å². The first-order valence-electron chi connectivity index (χ1n) is 7.20. The molecule has 1 saturated heterocycles. The van der Waals surface area contributed by atoms with Crippen LogP contribution in [0.15, 0.2) is 25.0 Å². The van der Waals surface area contributed by atoms with Crippen molar-refractivity contribution in [2.24, 2.45) is 0 Å². The van der Waals surface area contributed by atoms with Gasteiger partial charge in [-0.1, -0.05) is 6.58 Å². The lowest BCUT2D eigenvalue weighted by Crippen LogP contribution is -2.45. The molecule has 0 radical (unpaired) electrons. The third kappa shape index (κ3) is 3.91. The van der Waals surface area contributed by atoms with Crippen LogP contribution >= 0.6 is 11.8 Å². The lowest BCUT2D eigenvalue weighted by Gasteiger charge is -2.30. The second-order valence-corrected chi connectivity index (χ2v) is 7.49. The van der Waals surface area contributed by atoms with E-state index in [-0.39, 0.29) is 22.6 Å². The highest BCUT2D eigenvalue weighted by Gasteiger charge is 2.28. The number of hydrogen-bond donors (Lipinski definition) is 1. The monoisotopic (exact) mass is 322 g/mol. The Kier molecular flexibility index (Phi) is 4.95. The van der Waals surface area contributed by atoms with Crippen LogP contribution in [0.2, 0.25) is 0 Å². The zero-order valence-electron chi connectivity index (χ0n) is 13.2. The van der Waals surface area contributed by atoms with E-state index in [2.05, 4.69) is 17.0 Å². The summed E-state index contributed by atoms with van der Waals surface area (Å²) in [6, 6.07) is 0. The van der Waals surface area contributed by atoms with Crippen LogP contribution < -0.4 is 5.32 Å². The molecule has 1 fully saturated rings. The number of nitrogens with zero attached hydrogens (tertiary/aromatic N) is 3. The van der Waals surface area contributed by atoms with Crippen molar-refractivity contribution in [2.45, 2.75) is 31.6 Å². The summed E-state index contributed by atoms with van der Waals surface area (Å²) < 4.78 is 1.81. The summed E-state index contributed by atoms with van der Waals surface area (Å²) in [5.74, 6) is 0.525. The van der Waals surface area contributed by atoms with Crippen LogP contribution in [0.5, 0.6) is 0 Å². The maximum absolute atomic E-state index is 12.4. The first-order valence-corrected chi connectivity index (χ1v) is 8.25. The van der Waals surface area contributed by atoms with Crippen LogP contribution in [0.3, 0.4) is 0 Å². The predicted octanol–water partition coefficient (Wildman–Crippen LogP) is 1.71. The number of carbonyl (C=O) groups excluding carboxylic acids is 2. The zero-order valence-corrected chi connectivity index (χ0v) is 14.0. The molecule has 0 bridgehead atoms. The summed E-state index contributed by atoms with van der Waals surface area (Å²) >= 11 is 1.57. The second-order valence-electron chi connectivity index (χ2n) is 6.18. The van der Waals surface area contributed by atoms with Gasteiger partial charge in [0.1, 0.15) is 5.25 Å². The predicted molar refractivity (Wildman–Crippen MR) is 88.9 cm³/mol. The quantitative estimate of drug-likeness (QED) is 0.860. The maximum atomic E-state index is 12.4. The van der Waals surface area contributed by atoms with Gasteiger partial charge in [0.25, 0.3) is 0 Å². The minimum Gasteiger partial charge on any atom is -0.337 e. The molecule has 0 aliphatic carbocycles. The number of aromatic nitrogens is 2. The van der Waals surface area contributed by atoms with E-state index >= 15 is 0 Å². The Morgan fingerprint density at radius 2 is 2.23 bits per heavy atom. The number of rotatable bonds is 3. The summed E-state index contributed by atoms with van der Waals surface area (Å²) in [6.07, 6.45) is 4.75. The van der Waals surface area contributed by atoms with Gasteiger partial charge in [-0.3, -0.25) is 14.3 Å². The minimum absolute atomic E-state index is 0.0972. The van der Waals surface area contributed by atoms with Gasteiger partial charge in [0, 0.05) is 25.0 Å². The molecule has 120 valence electrons. The first-order chi connectivity index (χ1) is 10.3. The van der Waals surface area contributed by atoms with E-state index in [1.54, 1.807) is 22.9 Å². The molecule has 6 nitrogen and oxygen atoms in total. The number of amides is 2. The molecule has 1 aromatic heterocycles. The molecule has 1 aliphatic heterocycles. The van der Waals surface area contributed by atoms with Crippen LogP contribution in [0.4, 0.5) is 5.69 Å². The minimum atomic E-state index is -0.268. The number of anilines is 1. The van der Waals surface area contributed by atoms with Crippen LogP contribution in [0, 0.1) is 0 Å². The summed E-state index contributed by atoms with van der Waals surface area (Å²) in [4.78, 5) is 25.7. The molecule has 2 heterocycles. The smallest absolute Gasteiger partial charge is 0.246 e. The van der Waals surface area contributed by atoms with Gasteiger partial charge in [0.15, 0.2) is 0 Å². The van der Waals surface area contributed by atoms with E-state index in [0.29, 0.717) is 18.8 Å². The molecule has 2 amide bonds. The van der Waals surface area contributed by atoms with E-state index in [9.17, 15) is 9.59 Å². The van der Waals surface area contributed by atoms with Gasteiger partial charge in [0.05, 0.1) is 17.4 Å². The van der Waals surface area contributed by atoms with Crippen LogP contribution in [0.1, 0.15) is 20.8 Å². The Bertz CT molecular complexity index is 576. The molecule has 1 N–H and O–H groups in total.